The van der Waals surface area contributed by atoms with E-state index in [-0.39, 0.29) is 7.43 Å². The molecule has 0 rings (SSSR count). The Morgan fingerprint density at radius 2 is 1.86 bits per heavy atom. The molecular formula is C6H17N. The molecule has 0 heterocycles. The third kappa shape index (κ3) is 10.7. The Morgan fingerprint density at radius 3 is 1.86 bits per heavy atom. The summed E-state index contributed by atoms with van der Waals surface area (Å²) in [6.07, 6.45) is 0. The number of nitrogens with one attached hydrogen (secondary N) is 1. The van der Waals surface area contributed by atoms with Gasteiger partial charge in [-0.1, -0.05) is 21.3 Å². The highest BCUT2D eigenvalue weighted by atomic mass is 14.8. The van der Waals surface area contributed by atoms with Crippen LogP contribution in [-0.4, -0.2) is 13.6 Å². The molecule has 7 heavy (non-hydrogen) atoms. The third-order valence-electron chi connectivity index (χ3n) is 0.612. The fourth-order valence-electron chi connectivity index (χ4n) is 0.408. The Labute approximate surface area is 47.1 Å². The van der Waals surface area contributed by atoms with Gasteiger partial charge in [-0.05, 0) is 19.5 Å². The van der Waals surface area contributed by atoms with E-state index in [0.717, 1.165) is 12.5 Å². The standard InChI is InChI=1S/C5H13N.CH4/c1-5(2)4-6-3;/h5-6H,4H2,1-3H3;1H4. The Balaban J connectivity index is 0. The lowest BCUT2D eigenvalue weighted by Crippen LogP contribution is -2.12. The first-order valence-corrected chi connectivity index (χ1v) is 2.42. The van der Waals surface area contributed by atoms with Crippen molar-refractivity contribution >= 4 is 0 Å². The maximum absolute atomic E-state index is 3.07. The number of hydrogen-bond acceptors (Lipinski definition) is 1. The topological polar surface area (TPSA) is 12.0 Å². The average Bonchev–Trinajstić information content (AvgIpc) is 1.35. The molecule has 0 amide bonds. The SMILES string of the molecule is C.CNCC(C)C. The molecule has 0 aliphatic heterocycles. The van der Waals surface area contributed by atoms with Gasteiger partial charge in [-0.15, -0.1) is 0 Å². The lowest BCUT2D eigenvalue weighted by Gasteiger charge is -1.98. The van der Waals surface area contributed by atoms with Crippen LogP contribution in [0, 0.1) is 5.92 Å². The molecule has 0 aliphatic carbocycles. The smallest absolute Gasteiger partial charge is 0.00288 e. The van der Waals surface area contributed by atoms with E-state index in [1.807, 2.05) is 7.05 Å². The molecule has 0 saturated heterocycles. The predicted molar refractivity (Wildman–Crippen MR) is 35.5 cm³/mol. The van der Waals surface area contributed by atoms with E-state index in [9.17, 15) is 0 Å². The van der Waals surface area contributed by atoms with Crippen molar-refractivity contribution in [1.29, 1.82) is 0 Å². The molecule has 0 atom stereocenters. The second-order valence-corrected chi connectivity index (χ2v) is 1.95. The fourth-order valence-corrected chi connectivity index (χ4v) is 0.408. The van der Waals surface area contributed by atoms with E-state index < -0.39 is 0 Å². The largest absolute Gasteiger partial charge is 0.319 e. The Morgan fingerprint density at radius 1 is 1.43 bits per heavy atom. The molecule has 0 bridgehead atoms. The molecule has 0 radical (unpaired) electrons. The molecule has 1 nitrogen and oxygen atoms in total. The molecule has 0 aromatic rings. The third-order valence-corrected chi connectivity index (χ3v) is 0.612. The first-order chi connectivity index (χ1) is 2.77. The average molecular weight is 103 g/mol. The second-order valence-electron chi connectivity index (χ2n) is 1.95. The Kier molecular flexibility index (Phi) is 8.56. The van der Waals surface area contributed by atoms with Crippen molar-refractivity contribution in [1.82, 2.24) is 5.32 Å². The van der Waals surface area contributed by atoms with Crippen LogP contribution >= 0.6 is 0 Å². The maximum atomic E-state index is 3.07. The highest BCUT2D eigenvalue weighted by molar-refractivity contribution is 4.42. The van der Waals surface area contributed by atoms with Gasteiger partial charge in [-0.2, -0.15) is 0 Å². The van der Waals surface area contributed by atoms with Crippen molar-refractivity contribution in [2.75, 3.05) is 13.6 Å². The van der Waals surface area contributed by atoms with Crippen LogP contribution in [0.1, 0.15) is 21.3 Å². The van der Waals surface area contributed by atoms with Crippen LogP contribution in [0.3, 0.4) is 0 Å². The van der Waals surface area contributed by atoms with Crippen molar-refractivity contribution in [2.45, 2.75) is 21.3 Å². The van der Waals surface area contributed by atoms with Crippen molar-refractivity contribution in [2.24, 2.45) is 5.92 Å². The molecule has 1 N–H and O–H groups in total. The molecular weight excluding hydrogens is 86.1 g/mol. The van der Waals surface area contributed by atoms with Crippen LogP contribution in [0.2, 0.25) is 0 Å². The highest BCUT2D eigenvalue weighted by Gasteiger charge is 1.84. The molecule has 0 unspecified atom stereocenters. The Bertz CT molecular complexity index is 25.4. The number of hydrogen-bond donors (Lipinski definition) is 1. The minimum absolute atomic E-state index is 0. The zero-order valence-corrected chi connectivity index (χ0v) is 4.78. The molecule has 0 fully saturated rings. The van der Waals surface area contributed by atoms with Gasteiger partial charge in [-0.3, -0.25) is 0 Å². The van der Waals surface area contributed by atoms with Crippen molar-refractivity contribution in [3.05, 3.63) is 0 Å². The van der Waals surface area contributed by atoms with Gasteiger partial charge in [0.1, 0.15) is 0 Å². The lowest BCUT2D eigenvalue weighted by molar-refractivity contribution is 0.595. The molecule has 1 heteroatoms. The normalized spacial score (nSPS) is 8.57. The van der Waals surface area contributed by atoms with E-state index in [1.54, 1.807) is 0 Å². The zero-order chi connectivity index (χ0) is 4.99. The summed E-state index contributed by atoms with van der Waals surface area (Å²) in [5.41, 5.74) is 0. The van der Waals surface area contributed by atoms with Gasteiger partial charge in [0.2, 0.25) is 0 Å². The van der Waals surface area contributed by atoms with E-state index in [1.165, 1.54) is 0 Å². The summed E-state index contributed by atoms with van der Waals surface area (Å²) in [6.45, 7) is 5.51. The van der Waals surface area contributed by atoms with Crippen molar-refractivity contribution in [3.63, 3.8) is 0 Å². The molecule has 0 saturated carbocycles. The quantitative estimate of drug-likeness (QED) is 0.558. The van der Waals surface area contributed by atoms with Crippen LogP contribution in [0.25, 0.3) is 0 Å². The lowest BCUT2D eigenvalue weighted by atomic mass is 10.2. The van der Waals surface area contributed by atoms with Crippen LogP contribution in [-0.2, 0) is 0 Å². The highest BCUT2D eigenvalue weighted by Crippen LogP contribution is 1.83. The summed E-state index contributed by atoms with van der Waals surface area (Å²) >= 11 is 0. The summed E-state index contributed by atoms with van der Waals surface area (Å²) in [5.74, 6) is 0.787. The molecule has 0 aliphatic rings. The van der Waals surface area contributed by atoms with Crippen LogP contribution in [0.4, 0.5) is 0 Å². The van der Waals surface area contributed by atoms with E-state index in [2.05, 4.69) is 19.2 Å². The summed E-state index contributed by atoms with van der Waals surface area (Å²) in [4.78, 5) is 0. The van der Waals surface area contributed by atoms with Crippen LogP contribution in [0.15, 0.2) is 0 Å². The summed E-state index contributed by atoms with van der Waals surface area (Å²) < 4.78 is 0. The predicted octanol–water partition coefficient (Wildman–Crippen LogP) is 1.50. The number of rotatable bonds is 2. The molecule has 0 aromatic carbocycles. The minimum atomic E-state index is 0. The van der Waals surface area contributed by atoms with Gasteiger partial charge in [0.15, 0.2) is 0 Å². The minimum Gasteiger partial charge on any atom is -0.319 e. The van der Waals surface area contributed by atoms with E-state index in [0.29, 0.717) is 0 Å². The van der Waals surface area contributed by atoms with Crippen molar-refractivity contribution < 1.29 is 0 Å². The second kappa shape index (κ2) is 5.96. The monoisotopic (exact) mass is 103 g/mol. The van der Waals surface area contributed by atoms with Gasteiger partial charge in [0, 0.05) is 0 Å². The van der Waals surface area contributed by atoms with Crippen LogP contribution in [0.5, 0.6) is 0 Å². The van der Waals surface area contributed by atoms with Gasteiger partial charge >= 0.3 is 0 Å². The fraction of sp³-hybridized carbons (Fsp3) is 1.00. The van der Waals surface area contributed by atoms with Gasteiger partial charge in [0.05, 0.1) is 0 Å². The molecule has 0 aromatic heterocycles. The van der Waals surface area contributed by atoms with Gasteiger partial charge < -0.3 is 5.32 Å². The summed E-state index contributed by atoms with van der Waals surface area (Å²) in [5, 5.41) is 3.07. The maximum Gasteiger partial charge on any atom is -0.00288 e. The molecule has 0 spiro atoms. The first kappa shape index (κ1) is 10.0. The van der Waals surface area contributed by atoms with Gasteiger partial charge in [0.25, 0.3) is 0 Å². The summed E-state index contributed by atoms with van der Waals surface area (Å²) in [6, 6.07) is 0. The summed E-state index contributed by atoms with van der Waals surface area (Å²) in [7, 11) is 1.97. The van der Waals surface area contributed by atoms with E-state index >= 15 is 0 Å². The van der Waals surface area contributed by atoms with E-state index in [4.69, 9.17) is 0 Å². The first-order valence-electron chi connectivity index (χ1n) is 2.42. The Hall–Kier alpha value is -0.0400. The van der Waals surface area contributed by atoms with Crippen LogP contribution < -0.4 is 5.32 Å². The van der Waals surface area contributed by atoms with Crippen molar-refractivity contribution in [3.8, 4) is 0 Å². The van der Waals surface area contributed by atoms with Gasteiger partial charge in [-0.25, -0.2) is 0 Å². The molecule has 46 valence electrons. The zero-order valence-electron chi connectivity index (χ0n) is 4.78.